The van der Waals surface area contributed by atoms with E-state index < -0.39 is 29.6 Å². The molecule has 1 fully saturated rings. The summed E-state index contributed by atoms with van der Waals surface area (Å²) in [5.74, 6) is -1.07. The molecular formula is C22H24O4. The molecule has 3 aliphatic rings. The Bertz CT molecular complexity index is 855. The largest absolute Gasteiger partial charge is 0.511 e. The van der Waals surface area contributed by atoms with Crippen LogP contribution in [0.25, 0.3) is 5.57 Å². The second-order valence-corrected chi connectivity index (χ2v) is 7.74. The van der Waals surface area contributed by atoms with E-state index in [2.05, 4.69) is 6.58 Å². The van der Waals surface area contributed by atoms with Gasteiger partial charge in [0.15, 0.2) is 5.78 Å². The van der Waals surface area contributed by atoms with Crippen LogP contribution in [0.5, 0.6) is 0 Å². The average Bonchev–Trinajstić information content (AvgIpc) is 3.21. The van der Waals surface area contributed by atoms with Gasteiger partial charge in [-0.05, 0) is 43.9 Å². The first-order chi connectivity index (χ1) is 12.3. The molecule has 0 spiro atoms. The van der Waals surface area contributed by atoms with Crippen molar-refractivity contribution in [3.8, 4) is 0 Å². The Morgan fingerprint density at radius 2 is 1.96 bits per heavy atom. The Kier molecular flexibility index (Phi) is 3.76. The molecule has 4 heteroatoms. The van der Waals surface area contributed by atoms with Gasteiger partial charge in [0.2, 0.25) is 0 Å². The lowest BCUT2D eigenvalue weighted by Crippen LogP contribution is -2.46. The number of carbonyl (C=O) groups is 1. The summed E-state index contributed by atoms with van der Waals surface area (Å²) in [4.78, 5) is 13.3. The smallest absolute Gasteiger partial charge is 0.173 e. The standard InChI is InChI=1S/C22H24O4/c1-5-6-15(23)22-8-7-14(26-22)17-19(22)21(25)18(20(17)24)16-12(3)9-11(2)10-13(16)4/h5,7-10,14-15,17,19,23,25H,1,6H2,2-4H3/t14-,15?,17-,19+,22-/m0/s1. The number of hydrogen-bond acceptors (Lipinski definition) is 4. The molecule has 2 N–H and O–H groups in total. The molecule has 1 saturated heterocycles. The summed E-state index contributed by atoms with van der Waals surface area (Å²) in [5.41, 5.74) is 3.20. The number of fused-ring (bicyclic) bond motifs is 5. The SMILES string of the molecule is C=CCC(O)[C@]12C=C[C@H](O1)[C@@H]1C(=O)C(c3c(C)cc(C)cc3C)=C(O)[C@@H]12. The molecule has 1 aromatic carbocycles. The van der Waals surface area contributed by atoms with Gasteiger partial charge in [-0.15, -0.1) is 6.58 Å². The number of Topliss-reactive ketones (excluding diaryl/α,β-unsaturated/α-hetero) is 1. The fourth-order valence-corrected chi connectivity index (χ4v) is 5.10. The minimum absolute atomic E-state index is 0.0463. The van der Waals surface area contributed by atoms with Crippen molar-refractivity contribution in [2.24, 2.45) is 11.8 Å². The molecule has 0 saturated carbocycles. The second kappa shape index (κ2) is 5.66. The Morgan fingerprint density at radius 3 is 2.58 bits per heavy atom. The van der Waals surface area contributed by atoms with E-state index in [4.69, 9.17) is 4.74 Å². The van der Waals surface area contributed by atoms with Crippen LogP contribution in [0, 0.1) is 32.6 Å². The molecule has 0 aromatic heterocycles. The number of allylic oxidation sites excluding steroid dienone is 1. The van der Waals surface area contributed by atoms with Crippen LogP contribution in [0.3, 0.4) is 0 Å². The number of ketones is 1. The molecule has 2 bridgehead atoms. The third kappa shape index (κ3) is 2.06. The normalized spacial score (nSPS) is 33.1. The summed E-state index contributed by atoms with van der Waals surface area (Å²) >= 11 is 0. The third-order valence-corrected chi connectivity index (χ3v) is 6.02. The molecule has 1 unspecified atom stereocenters. The number of aliphatic hydroxyl groups is 2. The fraction of sp³-hybridized carbons (Fsp3) is 0.409. The van der Waals surface area contributed by atoms with E-state index in [0.717, 1.165) is 22.3 Å². The minimum Gasteiger partial charge on any atom is -0.511 e. The molecule has 2 heterocycles. The van der Waals surface area contributed by atoms with Gasteiger partial charge in [0.1, 0.15) is 11.4 Å². The van der Waals surface area contributed by atoms with Gasteiger partial charge in [-0.3, -0.25) is 4.79 Å². The van der Waals surface area contributed by atoms with E-state index in [0.29, 0.717) is 12.0 Å². The highest BCUT2D eigenvalue weighted by molar-refractivity contribution is 6.26. The average molecular weight is 352 g/mol. The number of aliphatic hydroxyl groups excluding tert-OH is 2. The summed E-state index contributed by atoms with van der Waals surface area (Å²) in [7, 11) is 0. The van der Waals surface area contributed by atoms with Crippen molar-refractivity contribution < 1.29 is 19.7 Å². The highest BCUT2D eigenvalue weighted by Gasteiger charge is 2.66. The molecule has 2 aliphatic heterocycles. The number of rotatable bonds is 4. The van der Waals surface area contributed by atoms with Crippen LogP contribution in [0.1, 0.15) is 28.7 Å². The Hall–Kier alpha value is -2.17. The highest BCUT2D eigenvalue weighted by Crippen LogP contribution is 2.58. The molecular weight excluding hydrogens is 328 g/mol. The van der Waals surface area contributed by atoms with Crippen molar-refractivity contribution in [3.63, 3.8) is 0 Å². The van der Waals surface area contributed by atoms with Crippen LogP contribution >= 0.6 is 0 Å². The molecule has 0 radical (unpaired) electrons. The van der Waals surface area contributed by atoms with Gasteiger partial charge in [0.05, 0.1) is 29.6 Å². The van der Waals surface area contributed by atoms with Gasteiger partial charge < -0.3 is 14.9 Å². The van der Waals surface area contributed by atoms with Gasteiger partial charge in [-0.2, -0.15) is 0 Å². The summed E-state index contributed by atoms with van der Waals surface area (Å²) in [6.45, 7) is 9.62. The van der Waals surface area contributed by atoms with E-state index in [1.54, 1.807) is 6.08 Å². The molecule has 1 aromatic rings. The van der Waals surface area contributed by atoms with Crippen LogP contribution in [-0.2, 0) is 9.53 Å². The predicted molar refractivity (Wildman–Crippen MR) is 99.8 cm³/mol. The highest BCUT2D eigenvalue weighted by atomic mass is 16.5. The molecule has 1 aliphatic carbocycles. The number of ether oxygens (including phenoxy) is 1. The van der Waals surface area contributed by atoms with Gasteiger partial charge in [-0.1, -0.05) is 35.9 Å². The molecule has 0 amide bonds. The zero-order chi connectivity index (χ0) is 18.8. The molecule has 5 atom stereocenters. The van der Waals surface area contributed by atoms with Crippen LogP contribution in [0.4, 0.5) is 0 Å². The maximum absolute atomic E-state index is 13.3. The van der Waals surface area contributed by atoms with Gasteiger partial charge in [-0.25, -0.2) is 0 Å². The summed E-state index contributed by atoms with van der Waals surface area (Å²) < 4.78 is 6.02. The van der Waals surface area contributed by atoms with Crippen LogP contribution < -0.4 is 0 Å². The third-order valence-electron chi connectivity index (χ3n) is 6.02. The monoisotopic (exact) mass is 352 g/mol. The summed E-state index contributed by atoms with van der Waals surface area (Å²) in [5, 5.41) is 21.8. The molecule has 26 heavy (non-hydrogen) atoms. The molecule has 4 nitrogen and oxygen atoms in total. The van der Waals surface area contributed by atoms with Crippen molar-refractivity contribution in [3.05, 3.63) is 65.0 Å². The lowest BCUT2D eigenvalue weighted by Gasteiger charge is -2.34. The van der Waals surface area contributed by atoms with Crippen molar-refractivity contribution in [2.45, 2.75) is 45.0 Å². The number of aryl methyl sites for hydroxylation is 3. The van der Waals surface area contributed by atoms with E-state index in [-0.39, 0.29) is 11.5 Å². The van der Waals surface area contributed by atoms with Crippen LogP contribution in [0.2, 0.25) is 0 Å². The predicted octanol–water partition coefficient (Wildman–Crippen LogP) is 3.34. The number of hydrogen-bond donors (Lipinski definition) is 2. The van der Waals surface area contributed by atoms with Crippen LogP contribution in [0.15, 0.2) is 42.7 Å². The van der Waals surface area contributed by atoms with Gasteiger partial charge in [0.25, 0.3) is 0 Å². The van der Waals surface area contributed by atoms with E-state index in [1.807, 2.05) is 45.1 Å². The van der Waals surface area contributed by atoms with Crippen molar-refractivity contribution in [1.82, 2.24) is 0 Å². The van der Waals surface area contributed by atoms with Crippen molar-refractivity contribution >= 4 is 11.4 Å². The summed E-state index contributed by atoms with van der Waals surface area (Å²) in [6.07, 6.45) is 4.36. The molecule has 136 valence electrons. The number of carbonyl (C=O) groups excluding carboxylic acids is 1. The zero-order valence-electron chi connectivity index (χ0n) is 15.3. The summed E-state index contributed by atoms with van der Waals surface area (Å²) in [6, 6.07) is 4.05. The maximum atomic E-state index is 13.3. The van der Waals surface area contributed by atoms with E-state index in [9.17, 15) is 15.0 Å². The lowest BCUT2D eigenvalue weighted by molar-refractivity contribution is -0.118. The fourth-order valence-electron chi connectivity index (χ4n) is 5.10. The first-order valence-corrected chi connectivity index (χ1v) is 9.03. The van der Waals surface area contributed by atoms with Crippen molar-refractivity contribution in [1.29, 1.82) is 0 Å². The van der Waals surface area contributed by atoms with E-state index >= 15 is 0 Å². The lowest BCUT2D eigenvalue weighted by atomic mass is 9.73. The first-order valence-electron chi connectivity index (χ1n) is 9.03. The topological polar surface area (TPSA) is 66.8 Å². The Balaban J connectivity index is 1.87. The van der Waals surface area contributed by atoms with E-state index in [1.165, 1.54) is 0 Å². The first kappa shape index (κ1) is 17.3. The van der Waals surface area contributed by atoms with Crippen molar-refractivity contribution in [2.75, 3.05) is 0 Å². The second-order valence-electron chi connectivity index (χ2n) is 7.74. The number of benzene rings is 1. The maximum Gasteiger partial charge on any atom is 0.173 e. The Morgan fingerprint density at radius 1 is 1.31 bits per heavy atom. The quantitative estimate of drug-likeness (QED) is 0.816. The molecule has 4 rings (SSSR count). The Labute approximate surface area is 153 Å². The minimum atomic E-state index is -1.06. The van der Waals surface area contributed by atoms with Gasteiger partial charge in [0, 0.05) is 0 Å². The van der Waals surface area contributed by atoms with Gasteiger partial charge >= 0.3 is 0 Å². The zero-order valence-corrected chi connectivity index (χ0v) is 15.3. The van der Waals surface area contributed by atoms with Crippen LogP contribution in [-0.4, -0.2) is 33.8 Å².